The number of carbonyl (C=O) groups excluding carboxylic acids is 1. The fourth-order valence-electron chi connectivity index (χ4n) is 2.98. The Morgan fingerprint density at radius 3 is 2.67 bits per heavy atom. The molecule has 3 nitrogen and oxygen atoms in total. The molecule has 1 aromatic carbocycles. The Labute approximate surface area is 127 Å². The molecule has 2 atom stereocenters. The van der Waals surface area contributed by atoms with E-state index >= 15 is 0 Å². The minimum absolute atomic E-state index is 0.104. The molecule has 0 spiro atoms. The van der Waals surface area contributed by atoms with Crippen molar-refractivity contribution in [3.63, 3.8) is 0 Å². The molecule has 1 aliphatic heterocycles. The van der Waals surface area contributed by atoms with E-state index in [2.05, 4.69) is 25.6 Å². The van der Waals surface area contributed by atoms with E-state index in [-0.39, 0.29) is 18.1 Å². The van der Waals surface area contributed by atoms with Crippen LogP contribution in [0.2, 0.25) is 0 Å². The maximum absolute atomic E-state index is 12.5. The zero-order valence-electron chi connectivity index (χ0n) is 13.4. The summed E-state index contributed by atoms with van der Waals surface area (Å²) in [5.41, 5.74) is 1.98. The third-order valence-electron chi connectivity index (χ3n) is 3.87. The maximum atomic E-state index is 12.5. The molecule has 1 aliphatic rings. The first-order valence-electron chi connectivity index (χ1n) is 7.57. The fraction of sp³-hybridized carbons (Fsp3) is 0.500. The van der Waals surface area contributed by atoms with Gasteiger partial charge in [0.05, 0.1) is 0 Å². The van der Waals surface area contributed by atoms with Gasteiger partial charge in [0.25, 0.3) is 0 Å². The van der Waals surface area contributed by atoms with E-state index in [0.29, 0.717) is 6.54 Å². The molecular formula is C18H25NO2. The highest BCUT2D eigenvalue weighted by Gasteiger charge is 2.36. The molecule has 0 bridgehead atoms. The largest absolute Gasteiger partial charge is 0.444 e. The SMILES string of the molecule is C=C[C@H]1c2ccccc2CN(C(=O)OC(C)(C)C)[C@@H]1CC. The Morgan fingerprint density at radius 2 is 2.10 bits per heavy atom. The molecule has 21 heavy (non-hydrogen) atoms. The summed E-state index contributed by atoms with van der Waals surface area (Å²) < 4.78 is 5.57. The van der Waals surface area contributed by atoms with E-state index in [4.69, 9.17) is 4.74 Å². The average Bonchev–Trinajstić information content (AvgIpc) is 2.43. The van der Waals surface area contributed by atoms with Crippen LogP contribution in [0.25, 0.3) is 0 Å². The van der Waals surface area contributed by atoms with Gasteiger partial charge in [-0.05, 0) is 38.3 Å². The first-order chi connectivity index (χ1) is 9.87. The topological polar surface area (TPSA) is 29.5 Å². The van der Waals surface area contributed by atoms with E-state index in [1.165, 1.54) is 11.1 Å². The highest BCUT2D eigenvalue weighted by atomic mass is 16.6. The molecule has 1 heterocycles. The smallest absolute Gasteiger partial charge is 0.410 e. The van der Waals surface area contributed by atoms with Gasteiger partial charge in [-0.2, -0.15) is 0 Å². The molecule has 0 saturated carbocycles. The first kappa shape index (κ1) is 15.6. The van der Waals surface area contributed by atoms with Crippen LogP contribution < -0.4 is 0 Å². The number of rotatable bonds is 2. The van der Waals surface area contributed by atoms with Crippen LogP contribution in [0, 0.1) is 0 Å². The van der Waals surface area contributed by atoms with Crippen molar-refractivity contribution >= 4 is 6.09 Å². The molecule has 0 unspecified atom stereocenters. The summed E-state index contributed by atoms with van der Waals surface area (Å²) in [5, 5.41) is 0. The number of fused-ring (bicyclic) bond motifs is 1. The lowest BCUT2D eigenvalue weighted by molar-refractivity contribution is 0.00962. The highest BCUT2D eigenvalue weighted by molar-refractivity contribution is 5.69. The molecule has 1 aromatic rings. The summed E-state index contributed by atoms with van der Waals surface area (Å²) >= 11 is 0. The summed E-state index contributed by atoms with van der Waals surface area (Å²) in [7, 11) is 0. The van der Waals surface area contributed by atoms with Crippen LogP contribution in [-0.4, -0.2) is 22.6 Å². The number of nitrogens with zero attached hydrogens (tertiary/aromatic N) is 1. The Hall–Kier alpha value is -1.77. The lowest BCUT2D eigenvalue weighted by Crippen LogP contribution is -2.47. The van der Waals surface area contributed by atoms with Gasteiger partial charge in [0, 0.05) is 18.5 Å². The number of benzene rings is 1. The normalized spacial score (nSPS) is 21.6. The summed E-state index contributed by atoms with van der Waals surface area (Å²) in [6.07, 6.45) is 2.59. The van der Waals surface area contributed by atoms with Crippen LogP contribution in [-0.2, 0) is 11.3 Å². The first-order valence-corrected chi connectivity index (χ1v) is 7.57. The summed E-state index contributed by atoms with van der Waals surface area (Å²) in [6, 6.07) is 8.38. The second-order valence-electron chi connectivity index (χ2n) is 6.54. The number of carbonyl (C=O) groups is 1. The van der Waals surface area contributed by atoms with Crippen molar-refractivity contribution in [3.8, 4) is 0 Å². The third kappa shape index (κ3) is 3.29. The van der Waals surface area contributed by atoms with E-state index < -0.39 is 5.60 Å². The fourth-order valence-corrected chi connectivity index (χ4v) is 2.98. The molecule has 2 rings (SSSR count). The average molecular weight is 287 g/mol. The van der Waals surface area contributed by atoms with Crippen molar-refractivity contribution in [2.24, 2.45) is 0 Å². The van der Waals surface area contributed by atoms with Gasteiger partial charge in [0.2, 0.25) is 0 Å². The molecule has 0 saturated heterocycles. The minimum Gasteiger partial charge on any atom is -0.444 e. The van der Waals surface area contributed by atoms with Crippen LogP contribution in [0.5, 0.6) is 0 Å². The van der Waals surface area contributed by atoms with Crippen LogP contribution >= 0.6 is 0 Å². The van der Waals surface area contributed by atoms with E-state index in [1.807, 2.05) is 43.9 Å². The van der Waals surface area contributed by atoms with Crippen molar-refractivity contribution in [1.29, 1.82) is 0 Å². The summed E-state index contributed by atoms with van der Waals surface area (Å²) in [5.74, 6) is 0.160. The number of hydrogen-bond acceptors (Lipinski definition) is 2. The number of hydrogen-bond donors (Lipinski definition) is 0. The molecule has 0 aliphatic carbocycles. The Kier molecular flexibility index (Phi) is 4.40. The van der Waals surface area contributed by atoms with Crippen LogP contribution in [0.15, 0.2) is 36.9 Å². The Morgan fingerprint density at radius 1 is 1.43 bits per heavy atom. The van der Waals surface area contributed by atoms with Crippen molar-refractivity contribution in [2.45, 2.75) is 58.2 Å². The lowest BCUT2D eigenvalue weighted by Gasteiger charge is -2.41. The van der Waals surface area contributed by atoms with Gasteiger partial charge in [0.15, 0.2) is 0 Å². The van der Waals surface area contributed by atoms with Gasteiger partial charge in [-0.25, -0.2) is 4.79 Å². The predicted octanol–water partition coefficient (Wildman–Crippen LogP) is 4.49. The van der Waals surface area contributed by atoms with Crippen LogP contribution in [0.4, 0.5) is 4.79 Å². The quantitative estimate of drug-likeness (QED) is 0.750. The van der Waals surface area contributed by atoms with E-state index in [0.717, 1.165) is 6.42 Å². The molecule has 0 N–H and O–H groups in total. The molecule has 3 heteroatoms. The van der Waals surface area contributed by atoms with Crippen molar-refractivity contribution in [3.05, 3.63) is 48.0 Å². The number of ether oxygens (including phenoxy) is 1. The van der Waals surface area contributed by atoms with Gasteiger partial charge in [-0.15, -0.1) is 6.58 Å². The zero-order valence-corrected chi connectivity index (χ0v) is 13.4. The number of amides is 1. The van der Waals surface area contributed by atoms with E-state index in [1.54, 1.807) is 0 Å². The van der Waals surface area contributed by atoms with Crippen molar-refractivity contribution < 1.29 is 9.53 Å². The highest BCUT2D eigenvalue weighted by Crippen LogP contribution is 2.36. The van der Waals surface area contributed by atoms with Gasteiger partial charge in [-0.1, -0.05) is 37.3 Å². The lowest BCUT2D eigenvalue weighted by atomic mass is 9.82. The van der Waals surface area contributed by atoms with Crippen LogP contribution in [0.1, 0.15) is 51.2 Å². The molecule has 0 fully saturated rings. The van der Waals surface area contributed by atoms with Gasteiger partial charge in [-0.3, -0.25) is 4.90 Å². The van der Waals surface area contributed by atoms with Crippen molar-refractivity contribution in [1.82, 2.24) is 4.90 Å². The monoisotopic (exact) mass is 287 g/mol. The summed E-state index contributed by atoms with van der Waals surface area (Å²) in [6.45, 7) is 12.4. The predicted molar refractivity (Wildman–Crippen MR) is 85.2 cm³/mol. The van der Waals surface area contributed by atoms with Gasteiger partial charge < -0.3 is 4.74 Å². The second kappa shape index (κ2) is 5.92. The third-order valence-corrected chi connectivity index (χ3v) is 3.87. The van der Waals surface area contributed by atoms with Gasteiger partial charge in [0.1, 0.15) is 5.60 Å². The second-order valence-corrected chi connectivity index (χ2v) is 6.54. The van der Waals surface area contributed by atoms with E-state index in [9.17, 15) is 4.79 Å². The zero-order chi connectivity index (χ0) is 15.6. The van der Waals surface area contributed by atoms with Gasteiger partial charge >= 0.3 is 6.09 Å². The molecule has 114 valence electrons. The minimum atomic E-state index is -0.476. The van der Waals surface area contributed by atoms with Crippen LogP contribution in [0.3, 0.4) is 0 Å². The molecule has 0 aromatic heterocycles. The molecule has 1 amide bonds. The van der Waals surface area contributed by atoms with Crippen molar-refractivity contribution in [2.75, 3.05) is 0 Å². The summed E-state index contributed by atoms with van der Waals surface area (Å²) in [4.78, 5) is 14.4. The standard InChI is InChI=1S/C18H25NO2/c1-6-14-15-11-9-8-10-13(15)12-19(16(14)7-2)17(20)21-18(3,4)5/h6,8-11,14,16H,1,7,12H2,2-5H3/t14-,16+/m0/s1. The molecule has 0 radical (unpaired) electrons. The maximum Gasteiger partial charge on any atom is 0.410 e. The molecular weight excluding hydrogens is 262 g/mol. The Bertz CT molecular complexity index is 530. The Balaban J connectivity index is 2.35.